The van der Waals surface area contributed by atoms with Crippen molar-refractivity contribution < 1.29 is 76.2 Å². The van der Waals surface area contributed by atoms with Gasteiger partial charge in [0.2, 0.25) is 0 Å². The summed E-state index contributed by atoms with van der Waals surface area (Å²) in [5, 5.41) is 31.1. The molecule has 0 unspecified atom stereocenters. The molecule has 0 fully saturated rings. The average Bonchev–Trinajstić information content (AvgIpc) is 2.09. The van der Waals surface area contributed by atoms with Crippen LogP contribution < -0.4 is 56.6 Å². The van der Waals surface area contributed by atoms with Crippen LogP contribution in [-0.4, -0.2) is 10.2 Å². The van der Waals surface area contributed by atoms with Crippen LogP contribution in [0.15, 0.2) is 17.0 Å². The number of phenols is 2. The Labute approximate surface area is 128 Å². The number of benzene rings is 1. The van der Waals surface area contributed by atoms with E-state index >= 15 is 0 Å². The van der Waals surface area contributed by atoms with Gasteiger partial charge in [-0.05, 0) is 24.6 Å². The largest absolute Gasteiger partial charge is 1.00 e. The SMILES string of the molecule is Cc1cc(O)c(SOO[O-])cc1O.[K+]. The van der Waals surface area contributed by atoms with E-state index in [0.717, 1.165) is 0 Å². The predicted octanol–water partition coefficient (Wildman–Crippen LogP) is -2.36. The van der Waals surface area contributed by atoms with Crippen molar-refractivity contribution in [3.05, 3.63) is 17.7 Å². The first-order valence-electron chi connectivity index (χ1n) is 3.31. The number of hydrogen-bond acceptors (Lipinski definition) is 6. The van der Waals surface area contributed by atoms with Crippen molar-refractivity contribution in [2.75, 3.05) is 0 Å². The predicted molar refractivity (Wildman–Crippen MR) is 42.5 cm³/mol. The third-order valence-corrected chi connectivity index (χ3v) is 2.06. The minimum atomic E-state index is -0.0858. The van der Waals surface area contributed by atoms with Crippen LogP contribution >= 0.6 is 12.0 Å². The quantitative estimate of drug-likeness (QED) is 0.203. The maximum absolute atomic E-state index is 9.48. The summed E-state index contributed by atoms with van der Waals surface area (Å²) < 4.78 is 3.99. The van der Waals surface area contributed by atoms with E-state index in [4.69, 9.17) is 0 Å². The van der Waals surface area contributed by atoms with Gasteiger partial charge in [-0.2, -0.15) is 4.33 Å². The summed E-state index contributed by atoms with van der Waals surface area (Å²) in [6.45, 7) is 1.63. The minimum absolute atomic E-state index is 0. The van der Waals surface area contributed by atoms with E-state index < -0.39 is 0 Å². The van der Waals surface area contributed by atoms with E-state index in [-0.39, 0.29) is 67.8 Å². The van der Waals surface area contributed by atoms with Crippen LogP contribution in [0.1, 0.15) is 5.56 Å². The molecule has 14 heavy (non-hydrogen) atoms. The fraction of sp³-hybridized carbons (Fsp3) is 0.143. The number of phenolic OH excluding ortho intramolecular Hbond substituents is 2. The zero-order valence-electron chi connectivity index (χ0n) is 7.68. The molecule has 7 heteroatoms. The van der Waals surface area contributed by atoms with Gasteiger partial charge in [0.05, 0.1) is 16.9 Å². The number of rotatable bonds is 3. The Hall–Kier alpha value is 0.686. The summed E-state index contributed by atoms with van der Waals surface area (Å²) in [5.74, 6) is -0.0767. The molecule has 0 aliphatic carbocycles. The zero-order chi connectivity index (χ0) is 9.84. The third-order valence-electron chi connectivity index (χ3n) is 1.43. The van der Waals surface area contributed by atoms with Gasteiger partial charge in [0.25, 0.3) is 0 Å². The molecule has 0 bridgehead atoms. The van der Waals surface area contributed by atoms with Crippen molar-refractivity contribution in [1.29, 1.82) is 0 Å². The van der Waals surface area contributed by atoms with E-state index in [1.54, 1.807) is 6.92 Å². The van der Waals surface area contributed by atoms with Gasteiger partial charge < -0.3 is 15.5 Å². The van der Waals surface area contributed by atoms with Gasteiger partial charge in [0, 0.05) is 0 Å². The molecule has 0 aliphatic heterocycles. The topological polar surface area (TPSA) is 82.0 Å². The van der Waals surface area contributed by atoms with Crippen LogP contribution in [-0.2, 0) is 9.37 Å². The summed E-state index contributed by atoms with van der Waals surface area (Å²) in [4.78, 5) is 0.207. The molecular weight excluding hydrogens is 235 g/mol. The van der Waals surface area contributed by atoms with Crippen LogP contribution in [0.2, 0.25) is 0 Å². The van der Waals surface area contributed by atoms with Crippen LogP contribution in [0.25, 0.3) is 0 Å². The number of hydrogen-bond donors (Lipinski definition) is 2. The van der Waals surface area contributed by atoms with E-state index in [2.05, 4.69) is 9.37 Å². The van der Waals surface area contributed by atoms with E-state index in [0.29, 0.717) is 17.6 Å². The van der Waals surface area contributed by atoms with Crippen LogP contribution in [0.3, 0.4) is 0 Å². The molecule has 0 atom stereocenters. The third kappa shape index (κ3) is 4.05. The van der Waals surface area contributed by atoms with Crippen LogP contribution in [0, 0.1) is 6.92 Å². The van der Waals surface area contributed by atoms with E-state index in [9.17, 15) is 15.5 Å². The van der Waals surface area contributed by atoms with Crippen molar-refractivity contribution in [2.45, 2.75) is 11.8 Å². The normalized spacial score (nSPS) is 9.57. The van der Waals surface area contributed by atoms with Crippen molar-refractivity contribution in [3.63, 3.8) is 0 Å². The van der Waals surface area contributed by atoms with Gasteiger partial charge in [-0.3, -0.25) is 5.04 Å². The number of aromatic hydroxyl groups is 2. The molecule has 0 aromatic heterocycles. The molecule has 1 aromatic carbocycles. The van der Waals surface area contributed by atoms with Gasteiger partial charge in [0.1, 0.15) is 11.5 Å². The Balaban J connectivity index is 0.00000169. The zero-order valence-corrected chi connectivity index (χ0v) is 11.6. The van der Waals surface area contributed by atoms with Gasteiger partial charge in [-0.1, -0.05) is 0 Å². The summed E-state index contributed by atoms with van der Waals surface area (Å²) in [6, 6.07) is 2.63. The minimum Gasteiger partial charge on any atom is -0.691 e. The Bertz CT molecular complexity index is 306. The summed E-state index contributed by atoms with van der Waals surface area (Å²) in [6.07, 6.45) is 0. The molecule has 5 nitrogen and oxygen atoms in total. The summed E-state index contributed by atoms with van der Waals surface area (Å²) in [5.41, 5.74) is 0.532. The Morgan fingerprint density at radius 2 is 1.93 bits per heavy atom. The second-order valence-corrected chi connectivity index (χ2v) is 3.07. The first-order chi connectivity index (χ1) is 6.15. The van der Waals surface area contributed by atoms with E-state index in [1.807, 2.05) is 0 Å². The molecule has 2 N–H and O–H groups in total. The molecular formula is C7H7KO5S. The maximum atomic E-state index is 9.48. The Morgan fingerprint density at radius 1 is 1.29 bits per heavy atom. The van der Waals surface area contributed by atoms with E-state index in [1.165, 1.54) is 12.1 Å². The summed E-state index contributed by atoms with van der Waals surface area (Å²) in [7, 11) is 0. The monoisotopic (exact) mass is 242 g/mol. The first-order valence-corrected chi connectivity index (χ1v) is 4.05. The van der Waals surface area contributed by atoms with Crippen LogP contribution in [0.4, 0.5) is 0 Å². The smallest absolute Gasteiger partial charge is 0.691 e. The van der Waals surface area contributed by atoms with Crippen molar-refractivity contribution in [1.82, 2.24) is 0 Å². The number of aryl methyl sites for hydroxylation is 1. The molecule has 0 saturated heterocycles. The fourth-order valence-electron chi connectivity index (χ4n) is 0.779. The van der Waals surface area contributed by atoms with Crippen molar-refractivity contribution in [2.24, 2.45) is 0 Å². The molecule has 0 spiro atoms. The second kappa shape index (κ2) is 7.04. The van der Waals surface area contributed by atoms with Gasteiger partial charge >= 0.3 is 51.4 Å². The van der Waals surface area contributed by atoms with Crippen LogP contribution in [0.5, 0.6) is 11.5 Å². The second-order valence-electron chi connectivity index (χ2n) is 2.33. The van der Waals surface area contributed by atoms with Gasteiger partial charge in [0.15, 0.2) is 0 Å². The molecule has 0 radical (unpaired) electrons. The Morgan fingerprint density at radius 3 is 2.50 bits per heavy atom. The summed E-state index contributed by atoms with van der Waals surface area (Å²) >= 11 is 0.525. The molecule has 72 valence electrons. The molecule has 0 aliphatic rings. The van der Waals surface area contributed by atoms with Gasteiger partial charge in [-0.15, -0.1) is 0 Å². The van der Waals surface area contributed by atoms with Gasteiger partial charge in [-0.25, -0.2) is 0 Å². The molecule has 0 amide bonds. The van der Waals surface area contributed by atoms with Crippen molar-refractivity contribution in [3.8, 4) is 11.5 Å². The fourth-order valence-corrected chi connectivity index (χ4v) is 1.18. The standard InChI is InChI=1S/C7H8O5S.K/c1-4-2-6(9)7(3-5(4)8)13-12-11-10;/h2-3,8-10H,1H3;/q;+1/p-1. The molecule has 0 saturated carbocycles. The molecule has 1 rings (SSSR count). The maximum Gasteiger partial charge on any atom is 1.00 e. The molecule has 0 heterocycles. The average molecular weight is 242 g/mol. The van der Waals surface area contributed by atoms with Crippen molar-refractivity contribution >= 4 is 12.0 Å². The molecule has 1 aromatic rings. The Kier molecular flexibility index (Phi) is 7.39. The first kappa shape index (κ1) is 14.7.